The molecule has 0 spiro atoms. The minimum Gasteiger partial charge on any atom is -0.308 e. The van der Waals surface area contributed by atoms with Gasteiger partial charge >= 0.3 is 0 Å². The number of para-hydroxylation sites is 1. The van der Waals surface area contributed by atoms with Gasteiger partial charge in [0, 0.05) is 49.7 Å². The molecule has 65 heavy (non-hydrogen) atoms. The summed E-state index contributed by atoms with van der Waals surface area (Å²) in [7, 11) is 0. The van der Waals surface area contributed by atoms with Gasteiger partial charge in [-0.05, 0) is 53.6 Å². The van der Waals surface area contributed by atoms with Crippen molar-refractivity contribution < 1.29 is 0 Å². The van der Waals surface area contributed by atoms with Crippen LogP contribution in [0.15, 0.2) is 206 Å². The van der Waals surface area contributed by atoms with E-state index < -0.39 is 0 Å². The fourth-order valence-corrected chi connectivity index (χ4v) is 8.41. The number of nitrogens with zero attached hydrogens (tertiary/aromatic N) is 8. The number of fused-ring (bicyclic) bond motifs is 3. The molecule has 3 heterocycles. The maximum absolute atomic E-state index is 10.2. The summed E-state index contributed by atoms with van der Waals surface area (Å²) in [5.41, 5.74) is 12.0. The van der Waals surface area contributed by atoms with Crippen molar-refractivity contribution in [3.63, 3.8) is 0 Å². The van der Waals surface area contributed by atoms with Gasteiger partial charge in [0.05, 0.1) is 40.8 Å². The summed E-state index contributed by atoms with van der Waals surface area (Å²) in [6, 6.07) is 70.7. The Morgan fingerprint density at radius 2 is 0.923 bits per heavy atom. The van der Waals surface area contributed by atoms with Gasteiger partial charge in [-0.25, -0.2) is 29.8 Å². The molecule has 0 fully saturated rings. The largest absolute Gasteiger partial charge is 0.308 e. The molecular formula is C57H34N8. The van der Waals surface area contributed by atoms with Crippen LogP contribution in [-0.4, -0.2) is 29.5 Å². The van der Waals surface area contributed by atoms with Crippen LogP contribution in [0, 0.1) is 17.9 Å². The van der Waals surface area contributed by atoms with Crippen molar-refractivity contribution in [3.05, 3.63) is 223 Å². The normalized spacial score (nSPS) is 11.0. The molecule has 3 aromatic heterocycles. The smallest absolute Gasteiger partial charge is 0.188 e. The predicted molar refractivity (Wildman–Crippen MR) is 259 cm³/mol. The Labute approximate surface area is 374 Å². The standard InChI is InChI=1S/C57H34N8/c1-59-44-28-30-45(43(32-44)36-58)41-26-29-47-46-24-14-15-25-51(46)65(53(47)34-41)52-31-27-42(56-60-49(37-16-6-2-7-17-37)35-50(61-56)38-18-8-3-9-19-38)33-48(52)57-63-54(39-20-10-4-11-21-39)62-55(64-57)40-22-12-5-13-23-40/h2-35H. The highest BCUT2D eigenvalue weighted by Gasteiger charge is 2.22. The Morgan fingerprint density at radius 1 is 0.400 bits per heavy atom. The highest BCUT2D eigenvalue weighted by molar-refractivity contribution is 6.11. The van der Waals surface area contributed by atoms with Crippen molar-refractivity contribution in [3.8, 4) is 90.9 Å². The van der Waals surface area contributed by atoms with Gasteiger partial charge in [-0.15, -0.1) is 0 Å². The van der Waals surface area contributed by atoms with Crippen molar-refractivity contribution in [2.75, 3.05) is 0 Å². The molecule has 8 heteroatoms. The van der Waals surface area contributed by atoms with Gasteiger partial charge in [0.1, 0.15) is 0 Å². The minimum absolute atomic E-state index is 0.418. The Kier molecular flexibility index (Phi) is 9.78. The quantitative estimate of drug-likeness (QED) is 0.141. The van der Waals surface area contributed by atoms with E-state index in [0.717, 1.165) is 83.4 Å². The van der Waals surface area contributed by atoms with Crippen LogP contribution in [0.5, 0.6) is 0 Å². The van der Waals surface area contributed by atoms with Crippen molar-refractivity contribution in [1.82, 2.24) is 29.5 Å². The summed E-state index contributed by atoms with van der Waals surface area (Å²) in [6.45, 7) is 7.56. The average molecular weight is 831 g/mol. The summed E-state index contributed by atoms with van der Waals surface area (Å²) in [5, 5.41) is 12.3. The van der Waals surface area contributed by atoms with Crippen molar-refractivity contribution in [2.24, 2.45) is 0 Å². The lowest BCUT2D eigenvalue weighted by atomic mass is 9.98. The topological polar surface area (TPSA) is 97.5 Å². The zero-order chi connectivity index (χ0) is 43.7. The van der Waals surface area contributed by atoms with Gasteiger partial charge in [0.2, 0.25) is 0 Å². The fourth-order valence-electron chi connectivity index (χ4n) is 8.41. The number of aromatic nitrogens is 6. The lowest BCUT2D eigenvalue weighted by Crippen LogP contribution is -2.04. The maximum atomic E-state index is 10.2. The van der Waals surface area contributed by atoms with Crippen LogP contribution >= 0.6 is 0 Å². The SMILES string of the molecule is [C-]#[N+]c1ccc(-c2ccc3c4ccccc4n(-c4ccc(-c5nc(-c6ccccc6)cc(-c6ccccc6)n5)cc4-c4nc(-c5ccccc5)nc(-c5ccccc5)n4)c3c2)c(C#N)c1. The first-order valence-corrected chi connectivity index (χ1v) is 21.1. The number of hydrogen-bond donors (Lipinski definition) is 0. The minimum atomic E-state index is 0.418. The predicted octanol–water partition coefficient (Wildman–Crippen LogP) is 13.9. The van der Waals surface area contributed by atoms with E-state index in [4.69, 9.17) is 31.5 Å². The van der Waals surface area contributed by atoms with Gasteiger partial charge in [0.25, 0.3) is 0 Å². The van der Waals surface area contributed by atoms with E-state index in [1.165, 1.54) is 0 Å². The van der Waals surface area contributed by atoms with E-state index in [9.17, 15) is 5.26 Å². The van der Waals surface area contributed by atoms with E-state index in [2.05, 4.69) is 82.2 Å². The maximum Gasteiger partial charge on any atom is 0.188 e. The highest BCUT2D eigenvalue weighted by Crippen LogP contribution is 2.40. The molecule has 0 radical (unpaired) electrons. The second-order valence-corrected chi connectivity index (χ2v) is 15.5. The summed E-state index contributed by atoms with van der Waals surface area (Å²) in [4.78, 5) is 29.6. The molecule has 0 amide bonds. The van der Waals surface area contributed by atoms with Crippen molar-refractivity contribution in [1.29, 1.82) is 5.26 Å². The molecule has 8 aromatic carbocycles. The highest BCUT2D eigenvalue weighted by atomic mass is 15.1. The van der Waals surface area contributed by atoms with E-state index in [-0.39, 0.29) is 0 Å². The van der Waals surface area contributed by atoms with Crippen LogP contribution in [0.25, 0.3) is 112 Å². The van der Waals surface area contributed by atoms with Crippen LogP contribution in [-0.2, 0) is 0 Å². The van der Waals surface area contributed by atoms with Crippen LogP contribution in [0.4, 0.5) is 5.69 Å². The number of benzene rings is 8. The van der Waals surface area contributed by atoms with Crippen LogP contribution in [0.3, 0.4) is 0 Å². The molecule has 0 bridgehead atoms. The van der Waals surface area contributed by atoms with Crippen LogP contribution < -0.4 is 0 Å². The van der Waals surface area contributed by atoms with Crippen molar-refractivity contribution >= 4 is 27.5 Å². The molecular weight excluding hydrogens is 797 g/mol. The molecule has 8 nitrogen and oxygen atoms in total. The third kappa shape index (κ3) is 7.23. The molecule has 0 aliphatic rings. The fraction of sp³-hybridized carbons (Fsp3) is 0. The molecule has 0 aliphatic heterocycles. The molecule has 11 aromatic rings. The Morgan fingerprint density at radius 3 is 1.52 bits per heavy atom. The van der Waals surface area contributed by atoms with Crippen LogP contribution in [0.2, 0.25) is 0 Å². The number of rotatable bonds is 8. The molecule has 11 rings (SSSR count). The van der Waals surface area contributed by atoms with E-state index in [1.807, 2.05) is 127 Å². The second kappa shape index (κ2) is 16.5. The summed E-state index contributed by atoms with van der Waals surface area (Å²) in [5.74, 6) is 2.10. The molecule has 0 saturated carbocycles. The Hall–Kier alpha value is -9.37. The first-order chi connectivity index (χ1) is 32.1. The van der Waals surface area contributed by atoms with Gasteiger partial charge in [-0.1, -0.05) is 164 Å². The lowest BCUT2D eigenvalue weighted by Gasteiger charge is -2.17. The number of hydrogen-bond acceptors (Lipinski definition) is 6. The van der Waals surface area contributed by atoms with Gasteiger partial charge in [0.15, 0.2) is 29.0 Å². The van der Waals surface area contributed by atoms with E-state index >= 15 is 0 Å². The Bertz CT molecular complexity index is 3550. The van der Waals surface area contributed by atoms with Gasteiger partial charge < -0.3 is 4.57 Å². The van der Waals surface area contributed by atoms with Crippen molar-refractivity contribution in [2.45, 2.75) is 0 Å². The van der Waals surface area contributed by atoms with Gasteiger partial charge in [-0.3, -0.25) is 0 Å². The molecule has 0 saturated heterocycles. The zero-order valence-electron chi connectivity index (χ0n) is 34.7. The third-order valence-electron chi connectivity index (χ3n) is 11.5. The molecule has 0 aliphatic carbocycles. The molecule has 0 unspecified atom stereocenters. The Balaban J connectivity index is 1.21. The van der Waals surface area contributed by atoms with E-state index in [1.54, 1.807) is 12.1 Å². The summed E-state index contributed by atoms with van der Waals surface area (Å²) in [6.07, 6.45) is 0. The summed E-state index contributed by atoms with van der Waals surface area (Å²) < 4.78 is 2.25. The molecule has 0 N–H and O–H groups in total. The lowest BCUT2D eigenvalue weighted by molar-refractivity contribution is 1.06. The number of nitriles is 1. The first kappa shape index (κ1) is 38.5. The third-order valence-corrected chi connectivity index (χ3v) is 11.5. The zero-order valence-corrected chi connectivity index (χ0v) is 34.7. The van der Waals surface area contributed by atoms with Gasteiger partial charge in [-0.2, -0.15) is 5.26 Å². The summed E-state index contributed by atoms with van der Waals surface area (Å²) >= 11 is 0. The van der Waals surface area contributed by atoms with Crippen LogP contribution in [0.1, 0.15) is 5.56 Å². The molecule has 302 valence electrons. The average Bonchev–Trinajstić information content (AvgIpc) is 3.72. The second-order valence-electron chi connectivity index (χ2n) is 15.5. The van der Waals surface area contributed by atoms with E-state index in [0.29, 0.717) is 34.5 Å². The first-order valence-electron chi connectivity index (χ1n) is 21.1. The monoisotopic (exact) mass is 830 g/mol. The molecule has 0 atom stereocenters.